The molecule has 1 aromatic heterocycles. The number of rotatable bonds is 5. The van der Waals surface area contributed by atoms with Crippen molar-refractivity contribution in [1.29, 1.82) is 0 Å². The van der Waals surface area contributed by atoms with Crippen molar-refractivity contribution in [3.63, 3.8) is 0 Å². The van der Waals surface area contributed by atoms with E-state index in [1.54, 1.807) is 13.2 Å². The van der Waals surface area contributed by atoms with Crippen LogP contribution in [0.2, 0.25) is 0 Å². The van der Waals surface area contributed by atoms with E-state index in [9.17, 15) is 4.79 Å². The summed E-state index contributed by atoms with van der Waals surface area (Å²) in [5.74, 6) is 0. The topological polar surface area (TPSA) is 70.1 Å². The number of nitrogens with zero attached hydrogens (tertiary/aromatic N) is 2. The Kier molecular flexibility index (Phi) is 4.55. The smallest absolute Gasteiger partial charge is 0.271 e. The molecule has 2 rings (SSSR count). The van der Waals surface area contributed by atoms with Gasteiger partial charge in [-0.15, -0.1) is 0 Å². The summed E-state index contributed by atoms with van der Waals surface area (Å²) in [6.07, 6.45) is 0. The molecule has 5 heteroatoms. The van der Waals surface area contributed by atoms with Gasteiger partial charge in [-0.3, -0.25) is 4.79 Å². The third kappa shape index (κ3) is 3.56. The van der Waals surface area contributed by atoms with Crippen LogP contribution in [0.5, 0.6) is 0 Å². The maximum Gasteiger partial charge on any atom is 0.271 e. The Labute approximate surface area is 124 Å². The van der Waals surface area contributed by atoms with Crippen LogP contribution in [-0.2, 0) is 16.8 Å². The summed E-state index contributed by atoms with van der Waals surface area (Å²) < 4.78 is 6.47. The lowest BCUT2D eigenvalue weighted by molar-refractivity contribution is 0.181. The molecule has 0 saturated heterocycles. The average Bonchev–Trinajstić information content (AvgIpc) is 2.46. The van der Waals surface area contributed by atoms with E-state index in [0.29, 0.717) is 18.7 Å². The van der Waals surface area contributed by atoms with Gasteiger partial charge in [0.25, 0.3) is 5.56 Å². The number of benzene rings is 1. The molecule has 1 heterocycles. The predicted molar refractivity (Wildman–Crippen MR) is 83.0 cm³/mol. The number of aromatic nitrogens is 2. The fourth-order valence-corrected chi connectivity index (χ4v) is 2.08. The first-order chi connectivity index (χ1) is 9.93. The second kappa shape index (κ2) is 6.20. The van der Waals surface area contributed by atoms with Crippen molar-refractivity contribution in [2.24, 2.45) is 5.73 Å². The molecule has 0 spiro atoms. The summed E-state index contributed by atoms with van der Waals surface area (Å²) in [6.45, 7) is 4.47. The van der Waals surface area contributed by atoms with Gasteiger partial charge in [0.05, 0.1) is 18.8 Å². The van der Waals surface area contributed by atoms with E-state index in [2.05, 4.69) is 5.10 Å². The van der Waals surface area contributed by atoms with E-state index in [0.717, 1.165) is 11.3 Å². The fourth-order valence-electron chi connectivity index (χ4n) is 2.08. The number of hydrogen-bond donors (Lipinski definition) is 1. The summed E-state index contributed by atoms with van der Waals surface area (Å²) in [7, 11) is 1.60. The monoisotopic (exact) mass is 287 g/mol. The zero-order valence-corrected chi connectivity index (χ0v) is 12.7. The first-order valence-corrected chi connectivity index (χ1v) is 6.89. The number of methoxy groups -OCH3 is 1. The molecule has 2 aromatic rings. The number of nitrogens with two attached hydrogens (primary N) is 1. The first kappa shape index (κ1) is 15.4. The molecule has 0 unspecified atom stereocenters. The van der Waals surface area contributed by atoms with Crippen LogP contribution in [0.25, 0.3) is 11.3 Å². The minimum absolute atomic E-state index is 0.167. The molecule has 0 bridgehead atoms. The number of hydrogen-bond acceptors (Lipinski definition) is 4. The lowest BCUT2D eigenvalue weighted by Crippen LogP contribution is -2.39. The van der Waals surface area contributed by atoms with E-state index in [1.165, 1.54) is 4.68 Å². The molecule has 112 valence electrons. The molecule has 0 aliphatic heterocycles. The third-order valence-corrected chi connectivity index (χ3v) is 3.25. The summed E-state index contributed by atoms with van der Waals surface area (Å²) in [4.78, 5) is 12.5. The molecule has 0 atom stereocenters. The zero-order chi connectivity index (χ0) is 15.5. The Balaban J connectivity index is 2.59. The Morgan fingerprint density at radius 1 is 1.29 bits per heavy atom. The van der Waals surface area contributed by atoms with Crippen molar-refractivity contribution < 1.29 is 4.74 Å². The lowest BCUT2D eigenvalue weighted by atomic mass is 9.96. The normalized spacial score (nSPS) is 11.6. The van der Waals surface area contributed by atoms with Gasteiger partial charge in [-0.1, -0.05) is 30.3 Å². The Hall–Kier alpha value is -1.98. The minimum Gasteiger partial charge on any atom is -0.383 e. The largest absolute Gasteiger partial charge is 0.383 e. The molecule has 5 nitrogen and oxygen atoms in total. The van der Waals surface area contributed by atoms with Crippen LogP contribution in [0, 0.1) is 0 Å². The average molecular weight is 287 g/mol. The molecule has 0 saturated carbocycles. The van der Waals surface area contributed by atoms with Gasteiger partial charge in [0.2, 0.25) is 0 Å². The third-order valence-electron chi connectivity index (χ3n) is 3.25. The Morgan fingerprint density at radius 3 is 2.52 bits per heavy atom. The summed E-state index contributed by atoms with van der Waals surface area (Å²) >= 11 is 0. The quantitative estimate of drug-likeness (QED) is 0.909. The van der Waals surface area contributed by atoms with E-state index in [-0.39, 0.29) is 5.56 Å². The van der Waals surface area contributed by atoms with Crippen LogP contribution in [0.15, 0.2) is 41.2 Å². The first-order valence-electron chi connectivity index (χ1n) is 6.89. The molecular formula is C16H21N3O2. The minimum atomic E-state index is -0.724. The summed E-state index contributed by atoms with van der Waals surface area (Å²) in [5, 5.41) is 4.42. The highest BCUT2D eigenvalue weighted by atomic mass is 16.5. The van der Waals surface area contributed by atoms with Crippen LogP contribution in [0.3, 0.4) is 0 Å². The van der Waals surface area contributed by atoms with E-state index >= 15 is 0 Å². The molecule has 0 aliphatic carbocycles. The van der Waals surface area contributed by atoms with Crippen LogP contribution in [0.4, 0.5) is 0 Å². The van der Waals surface area contributed by atoms with E-state index in [1.807, 2.05) is 44.2 Å². The van der Waals surface area contributed by atoms with Crippen molar-refractivity contribution in [2.75, 3.05) is 13.7 Å². The fraction of sp³-hybridized carbons (Fsp3) is 0.375. The highest BCUT2D eigenvalue weighted by Gasteiger charge is 2.21. The molecule has 0 amide bonds. The second-order valence-electron chi connectivity index (χ2n) is 5.55. The van der Waals surface area contributed by atoms with E-state index < -0.39 is 5.54 Å². The van der Waals surface area contributed by atoms with Gasteiger partial charge in [-0.05, 0) is 19.9 Å². The van der Waals surface area contributed by atoms with Gasteiger partial charge in [0.1, 0.15) is 0 Å². The van der Waals surface area contributed by atoms with Crippen molar-refractivity contribution in [3.05, 3.63) is 52.3 Å². The van der Waals surface area contributed by atoms with Gasteiger partial charge < -0.3 is 10.5 Å². The summed E-state index contributed by atoms with van der Waals surface area (Å²) in [6, 6.07) is 11.5. The van der Waals surface area contributed by atoms with Gasteiger partial charge in [0.15, 0.2) is 0 Å². The van der Waals surface area contributed by atoms with Crippen molar-refractivity contribution in [2.45, 2.75) is 25.9 Å². The second-order valence-corrected chi connectivity index (χ2v) is 5.55. The summed E-state index contributed by atoms with van der Waals surface area (Å²) in [5.41, 5.74) is 7.48. The van der Waals surface area contributed by atoms with Crippen LogP contribution in [0.1, 0.15) is 19.4 Å². The molecule has 0 fully saturated rings. The standard InChI is InChI=1S/C16H21N3O2/c1-16(2,17)13-11-14(12-7-5-4-6-8-12)18-19(15(13)20)9-10-21-3/h4-8,11H,9-10,17H2,1-3H3. The molecule has 21 heavy (non-hydrogen) atoms. The number of ether oxygens (including phenoxy) is 1. The molecule has 0 radical (unpaired) electrons. The maximum atomic E-state index is 12.5. The van der Waals surface area contributed by atoms with Crippen molar-refractivity contribution >= 4 is 0 Å². The molecule has 1 aromatic carbocycles. The lowest BCUT2D eigenvalue weighted by Gasteiger charge is -2.20. The van der Waals surface area contributed by atoms with Crippen LogP contribution in [-0.4, -0.2) is 23.5 Å². The Bertz CT molecular complexity index is 657. The molecule has 2 N–H and O–H groups in total. The maximum absolute atomic E-state index is 12.5. The highest BCUT2D eigenvalue weighted by molar-refractivity contribution is 5.59. The molecular weight excluding hydrogens is 266 g/mol. The predicted octanol–water partition coefficient (Wildman–Crippen LogP) is 1.75. The highest BCUT2D eigenvalue weighted by Crippen LogP contribution is 2.20. The van der Waals surface area contributed by atoms with Crippen molar-refractivity contribution in [1.82, 2.24) is 9.78 Å². The van der Waals surface area contributed by atoms with Crippen LogP contribution < -0.4 is 11.3 Å². The molecule has 0 aliphatic rings. The van der Waals surface area contributed by atoms with Gasteiger partial charge in [-0.2, -0.15) is 5.10 Å². The van der Waals surface area contributed by atoms with Gasteiger partial charge >= 0.3 is 0 Å². The Morgan fingerprint density at radius 2 is 1.95 bits per heavy atom. The SMILES string of the molecule is COCCn1nc(-c2ccccc2)cc(C(C)(C)N)c1=O. The zero-order valence-electron chi connectivity index (χ0n) is 12.7. The van der Waals surface area contributed by atoms with Gasteiger partial charge in [0, 0.05) is 23.8 Å². The van der Waals surface area contributed by atoms with Gasteiger partial charge in [-0.25, -0.2) is 4.68 Å². The van der Waals surface area contributed by atoms with E-state index in [4.69, 9.17) is 10.5 Å². The van der Waals surface area contributed by atoms with Crippen molar-refractivity contribution in [3.8, 4) is 11.3 Å². The van der Waals surface area contributed by atoms with Crippen LogP contribution >= 0.6 is 0 Å².